The van der Waals surface area contributed by atoms with E-state index in [0.717, 1.165) is 0 Å². The van der Waals surface area contributed by atoms with Crippen LogP contribution in [0.25, 0.3) is 0 Å². The first-order valence-corrected chi connectivity index (χ1v) is 5.00. The van der Waals surface area contributed by atoms with Crippen LogP contribution in [-0.4, -0.2) is 29.9 Å². The summed E-state index contributed by atoms with van der Waals surface area (Å²) in [5.74, 6) is 0.0979. The summed E-state index contributed by atoms with van der Waals surface area (Å²) in [7, 11) is 0. The van der Waals surface area contributed by atoms with E-state index in [2.05, 4.69) is 0 Å². The molecular weight excluding hydrogens is 178 g/mol. The zero-order valence-electron chi connectivity index (χ0n) is 8.99. The average molecular weight is 197 g/mol. The molecule has 0 radical (unpaired) electrons. The van der Waals surface area contributed by atoms with Crippen molar-refractivity contribution in [2.24, 2.45) is 5.73 Å². The van der Waals surface area contributed by atoms with E-state index in [1.807, 2.05) is 19.9 Å². The van der Waals surface area contributed by atoms with Crippen molar-refractivity contribution in [3.05, 3.63) is 0 Å². The smallest absolute Gasteiger partial charge is 0.222 e. The van der Waals surface area contributed by atoms with Crippen molar-refractivity contribution in [1.82, 2.24) is 4.90 Å². The van der Waals surface area contributed by atoms with Gasteiger partial charge in [-0.2, -0.15) is 5.26 Å². The summed E-state index contributed by atoms with van der Waals surface area (Å²) in [6.07, 6.45) is 1.60. The molecule has 0 atom stereocenters. The van der Waals surface area contributed by atoms with Gasteiger partial charge >= 0.3 is 0 Å². The number of rotatable bonds is 6. The topological polar surface area (TPSA) is 70.1 Å². The molecule has 80 valence electrons. The van der Waals surface area contributed by atoms with Gasteiger partial charge in [-0.1, -0.05) is 0 Å². The molecule has 0 aliphatic carbocycles. The Bertz CT molecular complexity index is 208. The molecule has 0 spiro atoms. The monoisotopic (exact) mass is 197 g/mol. The van der Waals surface area contributed by atoms with Gasteiger partial charge in [0.2, 0.25) is 5.91 Å². The molecule has 0 aromatic heterocycles. The number of amides is 1. The van der Waals surface area contributed by atoms with E-state index in [0.29, 0.717) is 32.4 Å². The minimum absolute atomic E-state index is 0.0979. The Morgan fingerprint density at radius 3 is 2.64 bits per heavy atom. The number of nitrogens with two attached hydrogens (primary N) is 1. The Hall–Kier alpha value is -1.08. The van der Waals surface area contributed by atoms with Crippen LogP contribution < -0.4 is 5.73 Å². The Kier molecular flexibility index (Phi) is 6.77. The Morgan fingerprint density at radius 2 is 2.21 bits per heavy atom. The summed E-state index contributed by atoms with van der Waals surface area (Å²) in [6.45, 7) is 4.98. The van der Waals surface area contributed by atoms with Gasteiger partial charge in [-0.15, -0.1) is 0 Å². The first-order valence-electron chi connectivity index (χ1n) is 5.00. The standard InChI is InChI=1S/C10H19N3O/c1-9(2)13(8-4-7-12)10(14)5-3-6-11/h9H,3-6,8,11H2,1-2H3. The van der Waals surface area contributed by atoms with Crippen LogP contribution in [0.3, 0.4) is 0 Å². The van der Waals surface area contributed by atoms with Crippen LogP contribution in [0, 0.1) is 11.3 Å². The third kappa shape index (κ3) is 4.83. The van der Waals surface area contributed by atoms with Gasteiger partial charge in [-0.25, -0.2) is 0 Å². The molecule has 0 saturated heterocycles. The molecule has 0 aliphatic heterocycles. The van der Waals surface area contributed by atoms with E-state index in [1.54, 1.807) is 4.90 Å². The van der Waals surface area contributed by atoms with Gasteiger partial charge in [0.25, 0.3) is 0 Å². The predicted molar refractivity (Wildman–Crippen MR) is 55.4 cm³/mol. The number of nitrogens with zero attached hydrogens (tertiary/aromatic N) is 2. The highest BCUT2D eigenvalue weighted by molar-refractivity contribution is 5.76. The number of nitriles is 1. The lowest BCUT2D eigenvalue weighted by atomic mass is 10.2. The van der Waals surface area contributed by atoms with Crippen molar-refractivity contribution in [1.29, 1.82) is 5.26 Å². The minimum atomic E-state index is 0.0979. The van der Waals surface area contributed by atoms with Gasteiger partial charge in [0, 0.05) is 19.0 Å². The van der Waals surface area contributed by atoms with Crippen LogP contribution in [0.4, 0.5) is 0 Å². The summed E-state index contributed by atoms with van der Waals surface area (Å²) in [6, 6.07) is 2.21. The van der Waals surface area contributed by atoms with Gasteiger partial charge in [-0.05, 0) is 26.8 Å². The molecule has 0 aromatic carbocycles. The fourth-order valence-electron chi connectivity index (χ4n) is 1.24. The van der Waals surface area contributed by atoms with E-state index in [1.165, 1.54) is 0 Å². The Balaban J connectivity index is 4.06. The lowest BCUT2D eigenvalue weighted by Crippen LogP contribution is -2.37. The van der Waals surface area contributed by atoms with Crippen LogP contribution >= 0.6 is 0 Å². The van der Waals surface area contributed by atoms with Crippen LogP contribution in [0.5, 0.6) is 0 Å². The first-order chi connectivity index (χ1) is 6.63. The fourth-order valence-corrected chi connectivity index (χ4v) is 1.24. The van der Waals surface area contributed by atoms with Crippen molar-refractivity contribution >= 4 is 5.91 Å². The Labute approximate surface area is 85.7 Å². The molecule has 0 unspecified atom stereocenters. The van der Waals surface area contributed by atoms with Crippen LogP contribution in [0.1, 0.15) is 33.1 Å². The second-order valence-corrected chi connectivity index (χ2v) is 3.48. The number of carbonyl (C=O) groups is 1. The molecule has 1 amide bonds. The zero-order valence-corrected chi connectivity index (χ0v) is 8.99. The predicted octanol–water partition coefficient (Wildman–Crippen LogP) is 0.876. The van der Waals surface area contributed by atoms with Gasteiger partial charge in [0.15, 0.2) is 0 Å². The van der Waals surface area contributed by atoms with Crippen LogP contribution in [0.15, 0.2) is 0 Å². The molecule has 14 heavy (non-hydrogen) atoms. The summed E-state index contributed by atoms with van der Waals surface area (Å²) < 4.78 is 0. The lowest BCUT2D eigenvalue weighted by Gasteiger charge is -2.25. The Morgan fingerprint density at radius 1 is 1.57 bits per heavy atom. The third-order valence-electron chi connectivity index (χ3n) is 2.00. The van der Waals surface area contributed by atoms with Gasteiger partial charge in [0.05, 0.1) is 12.5 Å². The normalized spacial score (nSPS) is 9.93. The van der Waals surface area contributed by atoms with Crippen LogP contribution in [-0.2, 0) is 4.79 Å². The number of carbonyl (C=O) groups excluding carboxylic acids is 1. The molecule has 0 rings (SSSR count). The van der Waals surface area contributed by atoms with E-state index in [9.17, 15) is 4.79 Å². The highest BCUT2D eigenvalue weighted by Gasteiger charge is 2.15. The molecule has 4 heteroatoms. The van der Waals surface area contributed by atoms with E-state index >= 15 is 0 Å². The maximum absolute atomic E-state index is 11.6. The van der Waals surface area contributed by atoms with Gasteiger partial charge < -0.3 is 10.6 Å². The van der Waals surface area contributed by atoms with Crippen molar-refractivity contribution in [3.8, 4) is 6.07 Å². The molecule has 0 heterocycles. The first kappa shape index (κ1) is 12.9. The zero-order chi connectivity index (χ0) is 11.0. The fraction of sp³-hybridized carbons (Fsp3) is 0.800. The summed E-state index contributed by atoms with van der Waals surface area (Å²) in [4.78, 5) is 13.3. The molecule has 0 aromatic rings. The molecule has 0 bridgehead atoms. The quantitative estimate of drug-likeness (QED) is 0.687. The SMILES string of the molecule is CC(C)N(CCC#N)C(=O)CCCN. The highest BCUT2D eigenvalue weighted by atomic mass is 16.2. The molecule has 0 saturated carbocycles. The van der Waals surface area contributed by atoms with E-state index in [-0.39, 0.29) is 11.9 Å². The van der Waals surface area contributed by atoms with Crippen molar-refractivity contribution < 1.29 is 4.79 Å². The minimum Gasteiger partial charge on any atom is -0.339 e. The van der Waals surface area contributed by atoms with E-state index in [4.69, 9.17) is 11.0 Å². The second kappa shape index (κ2) is 7.34. The molecular formula is C10H19N3O. The molecule has 2 N–H and O–H groups in total. The summed E-state index contributed by atoms with van der Waals surface area (Å²) in [5, 5.41) is 8.45. The number of hydrogen-bond donors (Lipinski definition) is 1. The maximum atomic E-state index is 11.6. The molecule has 4 nitrogen and oxygen atoms in total. The second-order valence-electron chi connectivity index (χ2n) is 3.48. The molecule has 0 aliphatic rings. The van der Waals surface area contributed by atoms with Gasteiger partial charge in [-0.3, -0.25) is 4.79 Å². The summed E-state index contributed by atoms with van der Waals surface area (Å²) in [5.41, 5.74) is 5.33. The number of hydrogen-bond acceptors (Lipinski definition) is 3. The van der Waals surface area contributed by atoms with Gasteiger partial charge in [0.1, 0.15) is 0 Å². The summed E-state index contributed by atoms with van der Waals surface area (Å²) >= 11 is 0. The highest BCUT2D eigenvalue weighted by Crippen LogP contribution is 2.04. The maximum Gasteiger partial charge on any atom is 0.222 e. The van der Waals surface area contributed by atoms with Crippen molar-refractivity contribution in [2.45, 2.75) is 39.2 Å². The molecule has 0 fully saturated rings. The van der Waals surface area contributed by atoms with E-state index < -0.39 is 0 Å². The third-order valence-corrected chi connectivity index (χ3v) is 2.00. The lowest BCUT2D eigenvalue weighted by molar-refractivity contribution is -0.132. The van der Waals surface area contributed by atoms with Crippen molar-refractivity contribution in [3.63, 3.8) is 0 Å². The average Bonchev–Trinajstić information content (AvgIpc) is 2.14. The van der Waals surface area contributed by atoms with Crippen molar-refractivity contribution in [2.75, 3.05) is 13.1 Å². The largest absolute Gasteiger partial charge is 0.339 e. The van der Waals surface area contributed by atoms with Crippen LogP contribution in [0.2, 0.25) is 0 Å².